The van der Waals surface area contributed by atoms with Gasteiger partial charge in [-0.05, 0) is 25.8 Å². The highest BCUT2D eigenvalue weighted by Gasteiger charge is 2.62. The second kappa shape index (κ2) is 4.08. The molecule has 104 valence electrons. The van der Waals surface area contributed by atoms with Gasteiger partial charge in [0.05, 0.1) is 23.6 Å². The largest absolute Gasteiger partial charge is 0.389 e. The first-order valence-electron chi connectivity index (χ1n) is 7.30. The third kappa shape index (κ3) is 1.42. The molecule has 2 heterocycles. The van der Waals surface area contributed by atoms with Gasteiger partial charge in [0.15, 0.2) is 6.10 Å². The molecule has 0 spiro atoms. The number of benzene rings is 1. The minimum Gasteiger partial charge on any atom is -0.389 e. The summed E-state index contributed by atoms with van der Waals surface area (Å²) in [6.07, 6.45) is 0.966. The molecule has 0 radical (unpaired) electrons. The van der Waals surface area contributed by atoms with Crippen LogP contribution in [-0.4, -0.2) is 34.7 Å². The monoisotopic (exact) mass is 270 g/mol. The number of piperidine rings is 1. The summed E-state index contributed by atoms with van der Waals surface area (Å²) >= 11 is 0. The van der Waals surface area contributed by atoms with E-state index >= 15 is 0 Å². The van der Waals surface area contributed by atoms with E-state index in [1.165, 1.54) is 0 Å². The molecule has 1 saturated heterocycles. The predicted molar refractivity (Wildman–Crippen MR) is 75.2 cm³/mol. The zero-order valence-corrected chi connectivity index (χ0v) is 11.7. The van der Waals surface area contributed by atoms with Crippen LogP contribution in [0.1, 0.15) is 25.8 Å². The lowest BCUT2D eigenvalue weighted by molar-refractivity contribution is -0.142. The van der Waals surface area contributed by atoms with Crippen molar-refractivity contribution in [3.63, 3.8) is 0 Å². The normalized spacial score (nSPS) is 34.5. The maximum atomic E-state index is 12.5. The molecule has 2 bridgehead atoms. The standard InChI is InChI=1S/C16H18N2O2/c1-9(2)18-12-8-11(16(18)19)13-14(17-20-15(12)13)10-6-4-3-5-7-10/h3-7,9,11-13,15H,8H2,1-2H3. The first kappa shape index (κ1) is 11.9. The van der Waals surface area contributed by atoms with Crippen molar-refractivity contribution >= 4 is 11.6 Å². The molecule has 1 aromatic carbocycles. The Morgan fingerprint density at radius 3 is 2.75 bits per heavy atom. The zero-order valence-electron chi connectivity index (χ0n) is 11.7. The van der Waals surface area contributed by atoms with E-state index in [-0.39, 0.29) is 35.9 Å². The van der Waals surface area contributed by atoms with Crippen molar-refractivity contribution in [1.82, 2.24) is 4.90 Å². The van der Waals surface area contributed by atoms with Crippen molar-refractivity contribution in [2.45, 2.75) is 38.5 Å². The maximum Gasteiger partial charge on any atom is 0.227 e. The first-order chi connectivity index (χ1) is 9.68. The third-order valence-corrected chi connectivity index (χ3v) is 4.81. The van der Waals surface area contributed by atoms with Crippen LogP contribution in [0.15, 0.2) is 35.5 Å². The minimum atomic E-state index is 0.0499. The Morgan fingerprint density at radius 2 is 2.05 bits per heavy atom. The Morgan fingerprint density at radius 1 is 1.30 bits per heavy atom. The number of likely N-dealkylation sites (tertiary alicyclic amines) is 1. The van der Waals surface area contributed by atoms with Gasteiger partial charge in [0, 0.05) is 6.04 Å². The fourth-order valence-corrected chi connectivity index (χ4v) is 4.04. The van der Waals surface area contributed by atoms with Crippen LogP contribution in [-0.2, 0) is 9.63 Å². The lowest BCUT2D eigenvalue weighted by atomic mass is 9.84. The predicted octanol–water partition coefficient (Wildman–Crippen LogP) is 2.04. The Balaban J connectivity index is 1.68. The summed E-state index contributed by atoms with van der Waals surface area (Å²) < 4.78 is 0. The summed E-state index contributed by atoms with van der Waals surface area (Å²) in [5.41, 5.74) is 2.04. The van der Waals surface area contributed by atoms with Crippen LogP contribution in [0.25, 0.3) is 0 Å². The van der Waals surface area contributed by atoms with Gasteiger partial charge in [0.1, 0.15) is 0 Å². The molecule has 4 nitrogen and oxygen atoms in total. The molecular weight excluding hydrogens is 252 g/mol. The molecule has 4 atom stereocenters. The summed E-state index contributed by atoms with van der Waals surface area (Å²) in [4.78, 5) is 20.2. The van der Waals surface area contributed by atoms with Gasteiger partial charge in [-0.25, -0.2) is 0 Å². The number of amides is 1. The van der Waals surface area contributed by atoms with Crippen molar-refractivity contribution in [1.29, 1.82) is 0 Å². The number of fused-ring (bicyclic) bond motifs is 5. The summed E-state index contributed by atoms with van der Waals surface area (Å²) in [7, 11) is 0. The summed E-state index contributed by atoms with van der Waals surface area (Å²) in [6, 6.07) is 10.5. The number of carbonyl (C=O) groups excluding carboxylic acids is 1. The molecule has 1 aliphatic carbocycles. The molecular formula is C16H18N2O2. The minimum absolute atomic E-state index is 0.0499. The molecule has 4 unspecified atom stereocenters. The van der Waals surface area contributed by atoms with Crippen molar-refractivity contribution in [2.24, 2.45) is 17.0 Å². The van der Waals surface area contributed by atoms with Crippen LogP contribution in [0.4, 0.5) is 0 Å². The van der Waals surface area contributed by atoms with Crippen molar-refractivity contribution in [3.8, 4) is 0 Å². The van der Waals surface area contributed by atoms with E-state index in [4.69, 9.17) is 4.84 Å². The first-order valence-corrected chi connectivity index (χ1v) is 7.30. The Bertz CT molecular complexity index is 581. The van der Waals surface area contributed by atoms with E-state index in [9.17, 15) is 4.79 Å². The van der Waals surface area contributed by atoms with E-state index in [0.29, 0.717) is 0 Å². The van der Waals surface area contributed by atoms with Gasteiger partial charge in [-0.1, -0.05) is 35.5 Å². The van der Waals surface area contributed by atoms with Crippen molar-refractivity contribution < 1.29 is 9.63 Å². The number of nitrogens with zero attached hydrogens (tertiary/aromatic N) is 2. The smallest absolute Gasteiger partial charge is 0.227 e. The van der Waals surface area contributed by atoms with Crippen molar-refractivity contribution in [3.05, 3.63) is 35.9 Å². The number of rotatable bonds is 2. The van der Waals surface area contributed by atoms with E-state index in [1.807, 2.05) is 35.2 Å². The zero-order chi connectivity index (χ0) is 13.9. The third-order valence-electron chi connectivity index (χ3n) is 4.81. The number of carbonyl (C=O) groups is 1. The maximum absolute atomic E-state index is 12.5. The Labute approximate surface area is 118 Å². The van der Waals surface area contributed by atoms with Crippen LogP contribution in [0.2, 0.25) is 0 Å². The highest BCUT2D eigenvalue weighted by atomic mass is 16.6. The van der Waals surface area contributed by atoms with E-state index in [0.717, 1.165) is 17.7 Å². The van der Waals surface area contributed by atoms with Gasteiger partial charge in [0.2, 0.25) is 5.91 Å². The highest BCUT2D eigenvalue weighted by molar-refractivity contribution is 6.06. The topological polar surface area (TPSA) is 41.9 Å². The van der Waals surface area contributed by atoms with Crippen molar-refractivity contribution in [2.75, 3.05) is 0 Å². The van der Waals surface area contributed by atoms with Gasteiger partial charge >= 0.3 is 0 Å². The molecule has 4 heteroatoms. The molecule has 3 aliphatic rings. The number of hydrogen-bond donors (Lipinski definition) is 0. The van der Waals surface area contributed by atoms with Gasteiger partial charge in [-0.15, -0.1) is 0 Å². The molecule has 1 saturated carbocycles. The lowest BCUT2D eigenvalue weighted by Gasteiger charge is -2.36. The van der Waals surface area contributed by atoms with E-state index in [1.54, 1.807) is 0 Å². The summed E-state index contributed by atoms with van der Waals surface area (Å²) in [5, 5.41) is 4.30. The van der Waals surface area contributed by atoms with E-state index < -0.39 is 0 Å². The fourth-order valence-electron chi connectivity index (χ4n) is 4.04. The molecule has 0 aromatic heterocycles. The van der Waals surface area contributed by atoms with Gasteiger partial charge in [-0.3, -0.25) is 4.79 Å². The number of hydrogen-bond acceptors (Lipinski definition) is 3. The second-order valence-electron chi connectivity index (χ2n) is 6.19. The molecule has 1 amide bonds. The average Bonchev–Trinajstić information content (AvgIpc) is 3.08. The SMILES string of the molecule is CC(C)N1C(=O)C2CC1C1ON=C(c3ccccc3)C21. The van der Waals surface area contributed by atoms with Gasteiger partial charge in [0.25, 0.3) is 0 Å². The molecule has 2 aliphatic heterocycles. The molecule has 0 N–H and O–H groups in total. The van der Waals surface area contributed by atoms with Crippen LogP contribution >= 0.6 is 0 Å². The van der Waals surface area contributed by atoms with Crippen LogP contribution in [0, 0.1) is 11.8 Å². The van der Waals surface area contributed by atoms with E-state index in [2.05, 4.69) is 19.0 Å². The molecule has 2 fully saturated rings. The van der Waals surface area contributed by atoms with Crippen LogP contribution in [0.3, 0.4) is 0 Å². The summed E-state index contributed by atoms with van der Waals surface area (Å²) in [6.45, 7) is 4.14. The Kier molecular flexibility index (Phi) is 2.43. The quantitative estimate of drug-likeness (QED) is 0.825. The second-order valence-corrected chi connectivity index (χ2v) is 6.19. The Hall–Kier alpha value is -1.84. The van der Waals surface area contributed by atoms with Crippen LogP contribution < -0.4 is 0 Å². The van der Waals surface area contributed by atoms with Gasteiger partial charge in [-0.2, -0.15) is 0 Å². The summed E-state index contributed by atoms with van der Waals surface area (Å²) in [5.74, 6) is 0.471. The fraction of sp³-hybridized carbons (Fsp3) is 0.500. The van der Waals surface area contributed by atoms with Crippen LogP contribution in [0.5, 0.6) is 0 Å². The molecule has 20 heavy (non-hydrogen) atoms. The highest BCUT2D eigenvalue weighted by Crippen LogP contribution is 2.49. The molecule has 4 rings (SSSR count). The molecule has 1 aromatic rings. The van der Waals surface area contributed by atoms with Gasteiger partial charge < -0.3 is 9.74 Å². The number of oxime groups is 1. The average molecular weight is 270 g/mol. The lowest BCUT2D eigenvalue weighted by Crippen LogP contribution is -2.52.